The van der Waals surface area contributed by atoms with Crippen LogP contribution < -0.4 is 5.73 Å². The molecule has 4 rings (SSSR count). The number of aromatic nitrogens is 4. The summed E-state index contributed by atoms with van der Waals surface area (Å²) in [6, 6.07) is 0. The number of amides is 1. The average molecular weight is 342 g/mol. The van der Waals surface area contributed by atoms with Gasteiger partial charge in [-0.1, -0.05) is 19.3 Å². The van der Waals surface area contributed by atoms with E-state index in [1.54, 1.807) is 12.4 Å². The Morgan fingerprint density at radius 3 is 2.76 bits per heavy atom. The van der Waals surface area contributed by atoms with Crippen LogP contribution in [0.4, 0.5) is 0 Å². The van der Waals surface area contributed by atoms with E-state index >= 15 is 0 Å². The number of nitrogens with two attached hydrogens (primary N) is 1. The summed E-state index contributed by atoms with van der Waals surface area (Å²) in [5.41, 5.74) is 8.31. The SMILES string of the molecule is NCCn1nc(C2CCN(C(=O)C3CCCCC3)C2)c2nccnc21. The minimum Gasteiger partial charge on any atom is -0.342 e. The van der Waals surface area contributed by atoms with Crippen molar-refractivity contribution >= 4 is 17.1 Å². The molecule has 1 amide bonds. The first-order valence-corrected chi connectivity index (χ1v) is 9.44. The molecule has 0 spiro atoms. The van der Waals surface area contributed by atoms with E-state index in [2.05, 4.69) is 9.97 Å². The summed E-state index contributed by atoms with van der Waals surface area (Å²) in [6.07, 6.45) is 10.1. The van der Waals surface area contributed by atoms with Crippen LogP contribution in [-0.4, -0.2) is 50.2 Å². The smallest absolute Gasteiger partial charge is 0.225 e. The summed E-state index contributed by atoms with van der Waals surface area (Å²) in [5.74, 6) is 0.823. The summed E-state index contributed by atoms with van der Waals surface area (Å²) in [6.45, 7) is 2.72. The van der Waals surface area contributed by atoms with Crippen molar-refractivity contribution in [3.8, 4) is 0 Å². The average Bonchev–Trinajstić information content (AvgIpc) is 3.28. The fourth-order valence-corrected chi connectivity index (χ4v) is 4.27. The fraction of sp³-hybridized carbons (Fsp3) is 0.667. The van der Waals surface area contributed by atoms with Crippen molar-refractivity contribution in [1.82, 2.24) is 24.6 Å². The molecule has 7 heteroatoms. The van der Waals surface area contributed by atoms with Crippen molar-refractivity contribution in [3.05, 3.63) is 18.1 Å². The molecule has 2 aliphatic rings. The van der Waals surface area contributed by atoms with Gasteiger partial charge in [0, 0.05) is 43.9 Å². The number of fused-ring (bicyclic) bond motifs is 1. The highest BCUT2D eigenvalue weighted by molar-refractivity contribution is 5.80. The van der Waals surface area contributed by atoms with E-state index in [1.807, 2.05) is 9.58 Å². The van der Waals surface area contributed by atoms with Crippen LogP contribution in [0.3, 0.4) is 0 Å². The van der Waals surface area contributed by atoms with Gasteiger partial charge in [0.1, 0.15) is 5.52 Å². The largest absolute Gasteiger partial charge is 0.342 e. The molecule has 134 valence electrons. The molecule has 0 aromatic carbocycles. The minimum atomic E-state index is 0.235. The molecule has 0 radical (unpaired) electrons. The third kappa shape index (κ3) is 3.13. The molecule has 25 heavy (non-hydrogen) atoms. The van der Waals surface area contributed by atoms with Gasteiger partial charge in [-0.25, -0.2) is 14.6 Å². The number of hydrogen-bond donors (Lipinski definition) is 1. The van der Waals surface area contributed by atoms with Crippen molar-refractivity contribution in [2.75, 3.05) is 19.6 Å². The molecule has 1 aliphatic carbocycles. The number of hydrogen-bond acceptors (Lipinski definition) is 5. The van der Waals surface area contributed by atoms with Crippen LogP contribution in [0.15, 0.2) is 12.4 Å². The van der Waals surface area contributed by atoms with Crippen molar-refractivity contribution in [2.45, 2.75) is 51.0 Å². The Balaban J connectivity index is 1.53. The zero-order valence-electron chi connectivity index (χ0n) is 14.6. The van der Waals surface area contributed by atoms with Crippen molar-refractivity contribution in [1.29, 1.82) is 0 Å². The molecule has 2 N–H and O–H groups in total. The van der Waals surface area contributed by atoms with Gasteiger partial charge in [0.15, 0.2) is 5.65 Å². The van der Waals surface area contributed by atoms with E-state index in [-0.39, 0.29) is 11.8 Å². The second-order valence-electron chi connectivity index (χ2n) is 7.23. The third-order valence-electron chi connectivity index (χ3n) is 5.58. The quantitative estimate of drug-likeness (QED) is 0.913. The Labute approximate surface area is 147 Å². The second kappa shape index (κ2) is 7.07. The molecule has 2 fully saturated rings. The maximum atomic E-state index is 12.8. The maximum absolute atomic E-state index is 12.8. The zero-order valence-corrected chi connectivity index (χ0v) is 14.6. The molecule has 7 nitrogen and oxygen atoms in total. The Kier molecular flexibility index (Phi) is 4.65. The lowest BCUT2D eigenvalue weighted by atomic mass is 9.88. The topological polar surface area (TPSA) is 89.9 Å². The maximum Gasteiger partial charge on any atom is 0.225 e. The van der Waals surface area contributed by atoms with E-state index in [1.165, 1.54) is 19.3 Å². The predicted octanol–water partition coefficient (Wildman–Crippen LogP) is 1.68. The van der Waals surface area contributed by atoms with Crippen molar-refractivity contribution in [2.24, 2.45) is 11.7 Å². The summed E-state index contributed by atoms with van der Waals surface area (Å²) >= 11 is 0. The lowest BCUT2D eigenvalue weighted by Crippen LogP contribution is -2.35. The Morgan fingerprint density at radius 1 is 1.16 bits per heavy atom. The lowest BCUT2D eigenvalue weighted by molar-refractivity contribution is -0.135. The first-order chi connectivity index (χ1) is 12.3. The standard InChI is InChI=1S/C18H26N6O/c19-7-11-24-17-16(20-8-9-21-17)15(22-24)14-6-10-23(12-14)18(25)13-4-2-1-3-5-13/h8-9,13-14H,1-7,10-12,19H2. The molecule has 2 aromatic rings. The van der Waals surface area contributed by atoms with Gasteiger partial charge in [-0.15, -0.1) is 0 Å². The molecule has 1 saturated carbocycles. The highest BCUT2D eigenvalue weighted by Gasteiger charge is 2.34. The normalized spacial score (nSPS) is 22.0. The van der Waals surface area contributed by atoms with E-state index in [9.17, 15) is 4.79 Å². The molecule has 2 aromatic heterocycles. The fourth-order valence-electron chi connectivity index (χ4n) is 4.27. The second-order valence-corrected chi connectivity index (χ2v) is 7.23. The Morgan fingerprint density at radius 2 is 1.96 bits per heavy atom. The lowest BCUT2D eigenvalue weighted by Gasteiger charge is -2.26. The van der Waals surface area contributed by atoms with Crippen LogP contribution in [0.5, 0.6) is 0 Å². The van der Waals surface area contributed by atoms with Crippen LogP contribution in [0, 0.1) is 5.92 Å². The van der Waals surface area contributed by atoms with Crippen LogP contribution in [0.2, 0.25) is 0 Å². The third-order valence-corrected chi connectivity index (χ3v) is 5.58. The molecule has 1 unspecified atom stereocenters. The minimum absolute atomic E-state index is 0.235. The molecule has 0 bridgehead atoms. The van der Waals surface area contributed by atoms with Gasteiger partial charge in [0.25, 0.3) is 0 Å². The number of rotatable bonds is 4. The molecule has 1 atom stereocenters. The summed E-state index contributed by atoms with van der Waals surface area (Å²) in [7, 11) is 0. The molecule has 1 aliphatic heterocycles. The summed E-state index contributed by atoms with van der Waals surface area (Å²) in [4.78, 5) is 23.8. The van der Waals surface area contributed by atoms with E-state index in [4.69, 9.17) is 10.8 Å². The number of likely N-dealkylation sites (tertiary alicyclic amines) is 1. The number of carbonyl (C=O) groups excluding carboxylic acids is 1. The highest BCUT2D eigenvalue weighted by atomic mass is 16.2. The van der Waals surface area contributed by atoms with Crippen LogP contribution >= 0.6 is 0 Å². The molecular formula is C18H26N6O. The number of nitrogens with zero attached hydrogens (tertiary/aromatic N) is 5. The highest BCUT2D eigenvalue weighted by Crippen LogP contribution is 2.33. The monoisotopic (exact) mass is 342 g/mol. The summed E-state index contributed by atoms with van der Waals surface area (Å²) < 4.78 is 1.85. The van der Waals surface area contributed by atoms with Gasteiger partial charge in [0.05, 0.1) is 12.2 Å². The summed E-state index contributed by atoms with van der Waals surface area (Å²) in [5, 5.41) is 4.74. The van der Waals surface area contributed by atoms with Gasteiger partial charge in [0.2, 0.25) is 5.91 Å². The first kappa shape index (κ1) is 16.4. The Hall–Kier alpha value is -2.02. The van der Waals surface area contributed by atoms with Crippen molar-refractivity contribution < 1.29 is 4.79 Å². The molecule has 3 heterocycles. The zero-order chi connectivity index (χ0) is 17.2. The van der Waals surface area contributed by atoms with E-state index in [0.29, 0.717) is 19.0 Å². The van der Waals surface area contributed by atoms with E-state index < -0.39 is 0 Å². The number of carbonyl (C=O) groups is 1. The van der Waals surface area contributed by atoms with E-state index in [0.717, 1.165) is 49.2 Å². The van der Waals surface area contributed by atoms with Crippen LogP contribution in [0.25, 0.3) is 11.2 Å². The van der Waals surface area contributed by atoms with Gasteiger partial charge in [-0.2, -0.15) is 5.10 Å². The van der Waals surface area contributed by atoms with Gasteiger partial charge < -0.3 is 10.6 Å². The van der Waals surface area contributed by atoms with Crippen LogP contribution in [0.1, 0.15) is 50.1 Å². The van der Waals surface area contributed by atoms with Gasteiger partial charge >= 0.3 is 0 Å². The van der Waals surface area contributed by atoms with Crippen molar-refractivity contribution in [3.63, 3.8) is 0 Å². The predicted molar refractivity (Wildman–Crippen MR) is 94.9 cm³/mol. The Bertz CT molecular complexity index is 751. The van der Waals surface area contributed by atoms with Crippen LogP contribution in [-0.2, 0) is 11.3 Å². The molecule has 1 saturated heterocycles. The van der Waals surface area contributed by atoms with Gasteiger partial charge in [-0.3, -0.25) is 4.79 Å². The van der Waals surface area contributed by atoms with Gasteiger partial charge in [-0.05, 0) is 19.3 Å². The molecular weight excluding hydrogens is 316 g/mol. The first-order valence-electron chi connectivity index (χ1n) is 9.44.